The first-order valence-electron chi connectivity index (χ1n) is 7.83. The van der Waals surface area contributed by atoms with Crippen LogP contribution in [0.3, 0.4) is 0 Å². The number of fused-ring (bicyclic) bond motifs is 1. The van der Waals surface area contributed by atoms with Crippen LogP contribution >= 0.6 is 11.3 Å². The Morgan fingerprint density at radius 1 is 1.30 bits per heavy atom. The fraction of sp³-hybridized carbons (Fsp3) is 0.250. The Kier molecular flexibility index (Phi) is 5.12. The number of methoxy groups -OCH3 is 1. The highest BCUT2D eigenvalue weighted by atomic mass is 32.1. The van der Waals surface area contributed by atoms with Gasteiger partial charge in [0.2, 0.25) is 5.82 Å². The molecule has 0 bridgehead atoms. The van der Waals surface area contributed by atoms with Crippen molar-refractivity contribution in [2.75, 3.05) is 19.0 Å². The van der Waals surface area contributed by atoms with E-state index in [9.17, 15) is 14.4 Å². The normalized spacial score (nSPS) is 10.6. The van der Waals surface area contributed by atoms with E-state index in [0.717, 1.165) is 11.3 Å². The molecule has 11 heteroatoms. The van der Waals surface area contributed by atoms with Gasteiger partial charge in [-0.3, -0.25) is 4.79 Å². The van der Waals surface area contributed by atoms with E-state index in [2.05, 4.69) is 20.4 Å². The van der Waals surface area contributed by atoms with Gasteiger partial charge in [0.25, 0.3) is 11.7 Å². The zero-order chi connectivity index (χ0) is 19.6. The van der Waals surface area contributed by atoms with Crippen LogP contribution in [0.4, 0.5) is 5.00 Å². The molecule has 10 nitrogen and oxygen atoms in total. The molecule has 0 spiro atoms. The molecule has 0 unspecified atom stereocenters. The third-order valence-corrected chi connectivity index (χ3v) is 4.73. The van der Waals surface area contributed by atoms with Crippen LogP contribution in [-0.2, 0) is 9.47 Å². The lowest BCUT2D eigenvalue weighted by Gasteiger charge is -2.04. The number of nitrogens with zero attached hydrogens (tertiary/aromatic N) is 4. The van der Waals surface area contributed by atoms with E-state index in [0.29, 0.717) is 5.56 Å². The van der Waals surface area contributed by atoms with Crippen molar-refractivity contribution in [3.8, 4) is 0 Å². The Bertz CT molecular complexity index is 1010. The molecule has 0 aromatic carbocycles. The van der Waals surface area contributed by atoms with Gasteiger partial charge >= 0.3 is 11.9 Å². The summed E-state index contributed by atoms with van der Waals surface area (Å²) in [5.74, 6) is -1.79. The Balaban J connectivity index is 1.97. The number of hydrogen-bond donors (Lipinski definition) is 1. The van der Waals surface area contributed by atoms with Crippen molar-refractivity contribution in [2.24, 2.45) is 0 Å². The number of esters is 2. The molecule has 140 valence electrons. The van der Waals surface area contributed by atoms with E-state index in [1.165, 1.54) is 17.8 Å². The smallest absolute Gasteiger partial charge is 0.348 e. The van der Waals surface area contributed by atoms with Crippen LogP contribution in [0, 0.1) is 6.92 Å². The lowest BCUT2D eigenvalue weighted by Crippen LogP contribution is -2.16. The standard InChI is InChI=1S/C16H15N5O5S/c1-4-26-15(24)10-8(2)9(14(23)25-3)13(27-10)19-12(22)11-18-16-17-6-5-7-21(16)20-11/h5-7H,4H2,1-3H3,(H,19,22). The Labute approximate surface area is 157 Å². The van der Waals surface area contributed by atoms with E-state index >= 15 is 0 Å². The molecule has 0 aliphatic rings. The van der Waals surface area contributed by atoms with Gasteiger partial charge < -0.3 is 14.8 Å². The highest BCUT2D eigenvalue weighted by molar-refractivity contribution is 7.18. The average Bonchev–Trinajstić information content (AvgIpc) is 3.22. The van der Waals surface area contributed by atoms with Crippen LogP contribution in [0.25, 0.3) is 5.78 Å². The number of carbonyl (C=O) groups excluding carboxylic acids is 3. The van der Waals surface area contributed by atoms with Crippen LogP contribution in [-0.4, -0.2) is 51.1 Å². The predicted octanol–water partition coefficient (Wildman–Crippen LogP) is 1.71. The third-order valence-electron chi connectivity index (χ3n) is 3.54. The Hall–Kier alpha value is -3.34. The Morgan fingerprint density at radius 3 is 2.74 bits per heavy atom. The second-order valence-electron chi connectivity index (χ2n) is 5.23. The minimum Gasteiger partial charge on any atom is -0.465 e. The monoisotopic (exact) mass is 389 g/mol. The second kappa shape index (κ2) is 7.50. The first-order chi connectivity index (χ1) is 13.0. The summed E-state index contributed by atoms with van der Waals surface area (Å²) in [7, 11) is 1.21. The number of anilines is 1. The minimum atomic E-state index is -0.681. The quantitative estimate of drug-likeness (QED) is 0.654. The second-order valence-corrected chi connectivity index (χ2v) is 6.25. The van der Waals surface area contributed by atoms with Crippen molar-refractivity contribution < 1.29 is 23.9 Å². The maximum atomic E-state index is 12.5. The van der Waals surface area contributed by atoms with Crippen LogP contribution in [0.2, 0.25) is 0 Å². The molecule has 3 heterocycles. The van der Waals surface area contributed by atoms with Gasteiger partial charge in [-0.15, -0.1) is 16.4 Å². The van der Waals surface area contributed by atoms with Crippen molar-refractivity contribution in [1.29, 1.82) is 0 Å². The van der Waals surface area contributed by atoms with Crippen LogP contribution < -0.4 is 5.32 Å². The third kappa shape index (κ3) is 3.49. The number of rotatable bonds is 5. The van der Waals surface area contributed by atoms with E-state index in [-0.39, 0.29) is 33.7 Å². The minimum absolute atomic E-state index is 0.0841. The van der Waals surface area contributed by atoms with E-state index in [1.807, 2.05) is 0 Å². The van der Waals surface area contributed by atoms with Crippen molar-refractivity contribution in [3.63, 3.8) is 0 Å². The number of amides is 1. The zero-order valence-electron chi connectivity index (χ0n) is 14.7. The van der Waals surface area contributed by atoms with Crippen molar-refractivity contribution in [3.05, 3.63) is 40.3 Å². The summed E-state index contributed by atoms with van der Waals surface area (Å²) in [6.45, 7) is 3.44. The SMILES string of the molecule is CCOC(=O)c1sc(NC(=O)c2nc3ncccn3n2)c(C(=O)OC)c1C. The van der Waals surface area contributed by atoms with Gasteiger partial charge in [0.15, 0.2) is 0 Å². The molecule has 0 aliphatic heterocycles. The first-order valence-corrected chi connectivity index (χ1v) is 8.65. The highest BCUT2D eigenvalue weighted by Crippen LogP contribution is 2.34. The molecule has 0 saturated carbocycles. The number of nitrogens with one attached hydrogen (secondary N) is 1. The molecule has 3 aromatic heterocycles. The fourth-order valence-electron chi connectivity index (χ4n) is 2.33. The summed E-state index contributed by atoms with van der Waals surface area (Å²) in [5, 5.41) is 6.74. The lowest BCUT2D eigenvalue weighted by molar-refractivity contribution is 0.0531. The molecule has 1 amide bonds. The molecule has 0 radical (unpaired) electrons. The van der Waals surface area contributed by atoms with Crippen molar-refractivity contribution in [2.45, 2.75) is 13.8 Å². The first kappa shape index (κ1) is 18.5. The van der Waals surface area contributed by atoms with Gasteiger partial charge in [-0.1, -0.05) is 0 Å². The van der Waals surface area contributed by atoms with E-state index < -0.39 is 17.8 Å². The molecule has 3 rings (SSSR count). The number of ether oxygens (including phenoxy) is 2. The maximum Gasteiger partial charge on any atom is 0.348 e. The summed E-state index contributed by atoms with van der Waals surface area (Å²) in [5.41, 5.74) is 0.450. The summed E-state index contributed by atoms with van der Waals surface area (Å²) in [4.78, 5) is 45.0. The Morgan fingerprint density at radius 2 is 2.07 bits per heavy atom. The van der Waals surface area contributed by atoms with Crippen LogP contribution in [0.5, 0.6) is 0 Å². The zero-order valence-corrected chi connectivity index (χ0v) is 15.5. The van der Waals surface area contributed by atoms with Crippen LogP contribution in [0.15, 0.2) is 18.5 Å². The van der Waals surface area contributed by atoms with Gasteiger partial charge in [0.1, 0.15) is 9.88 Å². The van der Waals surface area contributed by atoms with Crippen molar-refractivity contribution in [1.82, 2.24) is 19.6 Å². The maximum absolute atomic E-state index is 12.5. The van der Waals surface area contributed by atoms with E-state index in [1.54, 1.807) is 26.1 Å². The fourth-order valence-corrected chi connectivity index (χ4v) is 3.41. The molecule has 1 N–H and O–H groups in total. The van der Waals surface area contributed by atoms with Crippen LogP contribution in [0.1, 0.15) is 43.1 Å². The number of hydrogen-bond acceptors (Lipinski definition) is 9. The predicted molar refractivity (Wildman–Crippen MR) is 95.1 cm³/mol. The number of carbonyl (C=O) groups is 3. The van der Waals surface area contributed by atoms with Gasteiger partial charge in [-0.25, -0.2) is 19.1 Å². The molecule has 0 saturated heterocycles. The molecule has 0 atom stereocenters. The average molecular weight is 389 g/mol. The van der Waals surface area contributed by atoms with Gasteiger partial charge in [0, 0.05) is 12.4 Å². The largest absolute Gasteiger partial charge is 0.465 e. The lowest BCUT2D eigenvalue weighted by atomic mass is 10.1. The van der Waals surface area contributed by atoms with E-state index in [4.69, 9.17) is 9.47 Å². The summed E-state index contributed by atoms with van der Waals surface area (Å²) in [6.07, 6.45) is 3.12. The summed E-state index contributed by atoms with van der Waals surface area (Å²) in [6, 6.07) is 1.65. The molecular formula is C16H15N5O5S. The van der Waals surface area contributed by atoms with Crippen molar-refractivity contribution >= 4 is 40.0 Å². The molecule has 0 aliphatic carbocycles. The number of thiophene rings is 1. The highest BCUT2D eigenvalue weighted by Gasteiger charge is 2.28. The van der Waals surface area contributed by atoms with Gasteiger partial charge in [-0.2, -0.15) is 4.98 Å². The molecule has 0 fully saturated rings. The topological polar surface area (TPSA) is 125 Å². The number of aromatic nitrogens is 4. The molecule has 3 aromatic rings. The molecule has 27 heavy (non-hydrogen) atoms. The van der Waals surface area contributed by atoms with Gasteiger partial charge in [-0.05, 0) is 25.5 Å². The van der Waals surface area contributed by atoms with Gasteiger partial charge in [0.05, 0.1) is 19.3 Å². The molecular weight excluding hydrogens is 374 g/mol. The summed E-state index contributed by atoms with van der Waals surface area (Å²) >= 11 is 0.922. The summed E-state index contributed by atoms with van der Waals surface area (Å²) < 4.78 is 11.1.